The Kier molecular flexibility index (Phi) is 3.73. The fraction of sp³-hybridized carbons (Fsp3) is 0.333. The molecule has 3 N–H and O–H groups in total. The van der Waals surface area contributed by atoms with Gasteiger partial charge < -0.3 is 20.2 Å². The summed E-state index contributed by atoms with van der Waals surface area (Å²) < 4.78 is 4.93. The number of furan rings is 1. The van der Waals surface area contributed by atoms with Crippen molar-refractivity contribution in [2.45, 2.75) is 13.5 Å². The van der Waals surface area contributed by atoms with Crippen LogP contribution in [0.25, 0.3) is 0 Å². The summed E-state index contributed by atoms with van der Waals surface area (Å²) in [7, 11) is 0. The van der Waals surface area contributed by atoms with Crippen molar-refractivity contribution in [1.29, 1.82) is 0 Å². The van der Waals surface area contributed by atoms with Crippen LogP contribution in [0.4, 0.5) is 4.79 Å². The smallest absolute Gasteiger partial charge is 0.371 e. The molecular formula is C9H12N2O4. The molecule has 0 aliphatic heterocycles. The molecule has 0 unspecified atom stereocenters. The van der Waals surface area contributed by atoms with Crippen molar-refractivity contribution in [1.82, 2.24) is 10.6 Å². The lowest BCUT2D eigenvalue weighted by Crippen LogP contribution is -2.34. The van der Waals surface area contributed by atoms with Crippen LogP contribution in [0.15, 0.2) is 16.5 Å². The van der Waals surface area contributed by atoms with E-state index in [1.165, 1.54) is 12.1 Å². The van der Waals surface area contributed by atoms with E-state index < -0.39 is 5.97 Å². The van der Waals surface area contributed by atoms with Crippen LogP contribution in [0.3, 0.4) is 0 Å². The van der Waals surface area contributed by atoms with Gasteiger partial charge in [-0.2, -0.15) is 0 Å². The summed E-state index contributed by atoms with van der Waals surface area (Å²) in [5, 5.41) is 13.6. The second-order valence-electron chi connectivity index (χ2n) is 2.78. The zero-order chi connectivity index (χ0) is 11.3. The molecule has 1 aromatic rings. The lowest BCUT2D eigenvalue weighted by Gasteiger charge is -2.02. The van der Waals surface area contributed by atoms with Crippen LogP contribution in [-0.2, 0) is 6.54 Å². The predicted octanol–water partition coefficient (Wildman–Crippen LogP) is 0.797. The standard InChI is InChI=1S/C9H12N2O4/c1-2-10-9(14)11-5-6-3-4-7(15-6)8(12)13/h3-4H,2,5H2,1H3,(H,12,13)(H2,10,11,14). The zero-order valence-electron chi connectivity index (χ0n) is 8.24. The van der Waals surface area contributed by atoms with Gasteiger partial charge in [-0.25, -0.2) is 9.59 Å². The molecule has 15 heavy (non-hydrogen) atoms. The van der Waals surface area contributed by atoms with Gasteiger partial charge in [0, 0.05) is 6.54 Å². The minimum absolute atomic E-state index is 0.136. The Hall–Kier alpha value is -1.98. The molecule has 0 saturated heterocycles. The Balaban J connectivity index is 2.44. The molecule has 1 aromatic heterocycles. The molecule has 2 amide bonds. The number of urea groups is 1. The molecule has 0 aliphatic carbocycles. The number of carbonyl (C=O) groups excluding carboxylic acids is 1. The van der Waals surface area contributed by atoms with E-state index in [1.807, 2.05) is 0 Å². The van der Waals surface area contributed by atoms with E-state index >= 15 is 0 Å². The maximum absolute atomic E-state index is 11.0. The third kappa shape index (κ3) is 3.34. The number of nitrogens with one attached hydrogen (secondary N) is 2. The molecule has 0 fully saturated rings. The van der Waals surface area contributed by atoms with Gasteiger partial charge in [0.2, 0.25) is 5.76 Å². The summed E-state index contributed by atoms with van der Waals surface area (Å²) in [4.78, 5) is 21.4. The van der Waals surface area contributed by atoms with E-state index in [0.717, 1.165) is 0 Å². The second-order valence-corrected chi connectivity index (χ2v) is 2.78. The van der Waals surface area contributed by atoms with Crippen LogP contribution >= 0.6 is 0 Å². The van der Waals surface area contributed by atoms with Gasteiger partial charge >= 0.3 is 12.0 Å². The summed E-state index contributed by atoms with van der Waals surface area (Å²) in [5.41, 5.74) is 0. The molecular weight excluding hydrogens is 200 g/mol. The lowest BCUT2D eigenvalue weighted by molar-refractivity contribution is 0.0660. The predicted molar refractivity (Wildman–Crippen MR) is 51.6 cm³/mol. The van der Waals surface area contributed by atoms with Crippen LogP contribution in [0.5, 0.6) is 0 Å². The Labute approximate surface area is 86.3 Å². The average Bonchev–Trinajstić information content (AvgIpc) is 2.63. The van der Waals surface area contributed by atoms with Crippen molar-refractivity contribution in [3.05, 3.63) is 23.7 Å². The molecule has 0 aliphatic rings. The summed E-state index contributed by atoms with van der Waals surface area (Å²) in [6.07, 6.45) is 0. The molecule has 1 heterocycles. The molecule has 0 bridgehead atoms. The maximum atomic E-state index is 11.0. The Morgan fingerprint density at radius 1 is 1.40 bits per heavy atom. The van der Waals surface area contributed by atoms with E-state index in [1.54, 1.807) is 6.92 Å². The molecule has 6 heteroatoms. The molecule has 6 nitrogen and oxygen atoms in total. The summed E-state index contributed by atoms with van der Waals surface area (Å²) in [6, 6.07) is 2.54. The van der Waals surface area contributed by atoms with Crippen molar-refractivity contribution in [3.8, 4) is 0 Å². The van der Waals surface area contributed by atoms with Crippen LogP contribution in [0, 0.1) is 0 Å². The van der Waals surface area contributed by atoms with E-state index in [-0.39, 0.29) is 18.3 Å². The highest BCUT2D eigenvalue weighted by Gasteiger charge is 2.09. The molecule has 0 radical (unpaired) electrons. The Morgan fingerprint density at radius 2 is 2.13 bits per heavy atom. The topological polar surface area (TPSA) is 91.6 Å². The first-order valence-electron chi connectivity index (χ1n) is 4.47. The normalized spacial score (nSPS) is 9.67. The minimum atomic E-state index is -1.13. The van der Waals surface area contributed by atoms with E-state index in [2.05, 4.69) is 10.6 Å². The SMILES string of the molecule is CCNC(=O)NCc1ccc(C(=O)O)o1. The summed E-state index contributed by atoms with van der Waals surface area (Å²) >= 11 is 0. The fourth-order valence-corrected chi connectivity index (χ4v) is 0.978. The monoisotopic (exact) mass is 212 g/mol. The first kappa shape index (κ1) is 11.1. The lowest BCUT2D eigenvalue weighted by atomic mass is 10.4. The highest BCUT2D eigenvalue weighted by atomic mass is 16.4. The van der Waals surface area contributed by atoms with Crippen molar-refractivity contribution in [2.24, 2.45) is 0 Å². The van der Waals surface area contributed by atoms with Gasteiger partial charge in [0.25, 0.3) is 0 Å². The first-order chi connectivity index (χ1) is 7.13. The van der Waals surface area contributed by atoms with E-state index in [0.29, 0.717) is 12.3 Å². The fourth-order valence-electron chi connectivity index (χ4n) is 0.978. The molecule has 0 saturated carbocycles. The molecule has 1 rings (SSSR count). The maximum Gasteiger partial charge on any atom is 0.371 e. The Morgan fingerprint density at radius 3 is 2.67 bits per heavy atom. The number of aromatic carboxylic acids is 1. The third-order valence-corrected chi connectivity index (χ3v) is 1.63. The molecule has 82 valence electrons. The highest BCUT2D eigenvalue weighted by Crippen LogP contribution is 2.06. The van der Waals surface area contributed by atoms with Gasteiger partial charge in [0.15, 0.2) is 0 Å². The van der Waals surface area contributed by atoms with Crippen molar-refractivity contribution in [2.75, 3.05) is 6.54 Å². The van der Waals surface area contributed by atoms with Gasteiger partial charge in [-0.1, -0.05) is 0 Å². The van der Waals surface area contributed by atoms with Crippen molar-refractivity contribution >= 4 is 12.0 Å². The number of amides is 2. The number of hydrogen-bond acceptors (Lipinski definition) is 3. The van der Waals surface area contributed by atoms with Crippen LogP contribution < -0.4 is 10.6 Å². The number of carboxylic acids is 1. The number of carbonyl (C=O) groups is 2. The van der Waals surface area contributed by atoms with E-state index in [4.69, 9.17) is 9.52 Å². The van der Waals surface area contributed by atoms with Gasteiger partial charge in [-0.05, 0) is 19.1 Å². The van der Waals surface area contributed by atoms with Gasteiger partial charge in [0.1, 0.15) is 5.76 Å². The number of hydrogen-bond donors (Lipinski definition) is 3. The first-order valence-corrected chi connectivity index (χ1v) is 4.47. The zero-order valence-corrected chi connectivity index (χ0v) is 8.24. The van der Waals surface area contributed by atoms with Gasteiger partial charge in [-0.15, -0.1) is 0 Å². The molecule has 0 aromatic carbocycles. The van der Waals surface area contributed by atoms with Gasteiger partial charge in [-0.3, -0.25) is 0 Å². The summed E-state index contributed by atoms with van der Waals surface area (Å²) in [6.45, 7) is 2.50. The van der Waals surface area contributed by atoms with E-state index in [9.17, 15) is 9.59 Å². The Bertz CT molecular complexity index is 359. The largest absolute Gasteiger partial charge is 0.475 e. The second kappa shape index (κ2) is 5.04. The number of rotatable bonds is 4. The van der Waals surface area contributed by atoms with Crippen LogP contribution in [0.1, 0.15) is 23.2 Å². The average molecular weight is 212 g/mol. The van der Waals surface area contributed by atoms with Gasteiger partial charge in [0.05, 0.1) is 6.54 Å². The quantitative estimate of drug-likeness (QED) is 0.688. The summed E-state index contributed by atoms with van der Waals surface area (Å²) in [5.74, 6) is -0.861. The third-order valence-electron chi connectivity index (χ3n) is 1.63. The minimum Gasteiger partial charge on any atom is -0.475 e. The van der Waals surface area contributed by atoms with Crippen molar-refractivity contribution in [3.63, 3.8) is 0 Å². The number of carboxylic acid groups (broad SMARTS) is 1. The molecule has 0 atom stereocenters. The highest BCUT2D eigenvalue weighted by molar-refractivity contribution is 5.84. The van der Waals surface area contributed by atoms with Crippen molar-refractivity contribution < 1.29 is 19.1 Å². The van der Waals surface area contributed by atoms with Crippen LogP contribution in [0.2, 0.25) is 0 Å². The molecule has 0 spiro atoms. The van der Waals surface area contributed by atoms with Crippen LogP contribution in [-0.4, -0.2) is 23.7 Å².